The van der Waals surface area contributed by atoms with Crippen LogP contribution >= 0.6 is 23.2 Å². The van der Waals surface area contributed by atoms with Gasteiger partial charge in [0.2, 0.25) is 0 Å². The van der Waals surface area contributed by atoms with Crippen molar-refractivity contribution < 1.29 is 27.4 Å². The molecule has 180 valence electrons. The molecular formula is C22H19Cl2F3N4O3. The van der Waals surface area contributed by atoms with Crippen LogP contribution in [0.15, 0.2) is 42.6 Å². The minimum atomic E-state index is -4.59. The Bertz CT molecular complexity index is 1230. The molecule has 4 rings (SSSR count). The Kier molecular flexibility index (Phi) is 6.55. The predicted molar refractivity (Wildman–Crippen MR) is 122 cm³/mol. The number of nitrogens with one attached hydrogen (secondary N) is 2. The van der Waals surface area contributed by atoms with E-state index in [1.54, 1.807) is 18.2 Å². The van der Waals surface area contributed by atoms with Crippen LogP contribution in [-0.2, 0) is 0 Å². The smallest absolute Gasteiger partial charge is 0.410 e. The minimum absolute atomic E-state index is 0.0593. The Labute approximate surface area is 202 Å². The second kappa shape index (κ2) is 9.27. The molecule has 1 aliphatic heterocycles. The number of fused-ring (bicyclic) bond motifs is 1. The van der Waals surface area contributed by atoms with Gasteiger partial charge in [0.05, 0.1) is 37.2 Å². The highest BCUT2D eigenvalue weighted by atomic mass is 35.5. The van der Waals surface area contributed by atoms with Crippen LogP contribution in [0.4, 0.5) is 24.7 Å². The molecule has 2 N–H and O–H groups in total. The van der Waals surface area contributed by atoms with E-state index in [9.17, 15) is 18.0 Å². The summed E-state index contributed by atoms with van der Waals surface area (Å²) in [5.74, 6) is 0.0852. The number of hydrogen-bond donors (Lipinski definition) is 2. The van der Waals surface area contributed by atoms with Crippen LogP contribution in [0.1, 0.15) is 34.4 Å². The quantitative estimate of drug-likeness (QED) is 0.428. The van der Waals surface area contributed by atoms with Crippen molar-refractivity contribution in [2.75, 3.05) is 24.9 Å². The second-order valence-electron chi connectivity index (χ2n) is 7.53. The lowest BCUT2D eigenvalue weighted by molar-refractivity contribution is -0.173. The predicted octanol–water partition coefficient (Wildman–Crippen LogP) is 6.12. The summed E-state index contributed by atoms with van der Waals surface area (Å²) in [6.45, 7) is 0. The van der Waals surface area contributed by atoms with Crippen molar-refractivity contribution in [1.82, 2.24) is 9.78 Å². The first-order valence-electron chi connectivity index (χ1n) is 10.0. The maximum atomic E-state index is 14.0. The molecule has 0 unspecified atom stereocenters. The molecular weight excluding hydrogens is 496 g/mol. The zero-order valence-corrected chi connectivity index (χ0v) is 19.4. The Morgan fingerprint density at radius 2 is 1.88 bits per heavy atom. The van der Waals surface area contributed by atoms with Crippen LogP contribution in [-0.4, -0.2) is 36.1 Å². The highest BCUT2D eigenvalue weighted by Gasteiger charge is 2.47. The van der Waals surface area contributed by atoms with Crippen molar-refractivity contribution >= 4 is 40.6 Å². The molecule has 0 radical (unpaired) electrons. The number of halogens is 5. The van der Waals surface area contributed by atoms with E-state index < -0.39 is 24.2 Å². The Morgan fingerprint density at radius 1 is 1.15 bits per heavy atom. The van der Waals surface area contributed by atoms with E-state index in [1.165, 1.54) is 32.4 Å². The van der Waals surface area contributed by atoms with E-state index in [0.29, 0.717) is 22.1 Å². The van der Waals surface area contributed by atoms with E-state index in [1.807, 2.05) is 0 Å². The van der Waals surface area contributed by atoms with Gasteiger partial charge in [-0.2, -0.15) is 18.3 Å². The summed E-state index contributed by atoms with van der Waals surface area (Å²) >= 11 is 12.0. The first kappa shape index (κ1) is 24.0. The Morgan fingerprint density at radius 3 is 2.53 bits per heavy atom. The maximum Gasteiger partial charge on any atom is 0.410 e. The number of alkyl halides is 3. The van der Waals surface area contributed by atoms with E-state index in [-0.39, 0.29) is 28.5 Å². The molecule has 2 atom stereocenters. The monoisotopic (exact) mass is 514 g/mol. The number of carbonyl (C=O) groups excluding carboxylic acids is 1. The van der Waals surface area contributed by atoms with Gasteiger partial charge in [0.25, 0.3) is 5.91 Å². The van der Waals surface area contributed by atoms with Crippen LogP contribution in [0, 0.1) is 0 Å². The van der Waals surface area contributed by atoms with E-state index >= 15 is 0 Å². The highest BCUT2D eigenvalue weighted by Crippen LogP contribution is 2.45. The number of anilines is 2. The molecule has 1 aromatic heterocycles. The van der Waals surface area contributed by atoms with Crippen molar-refractivity contribution in [3.8, 4) is 11.5 Å². The van der Waals surface area contributed by atoms with Gasteiger partial charge in [-0.1, -0.05) is 29.3 Å². The van der Waals surface area contributed by atoms with Gasteiger partial charge < -0.3 is 20.1 Å². The second-order valence-corrected chi connectivity index (χ2v) is 8.38. The van der Waals surface area contributed by atoms with Gasteiger partial charge in [-0.15, -0.1) is 0 Å². The third-order valence-corrected chi connectivity index (χ3v) is 6.02. The molecule has 0 bridgehead atoms. The summed E-state index contributed by atoms with van der Waals surface area (Å²) in [4.78, 5) is 13.0. The normalized spacial score (nSPS) is 17.5. The number of ether oxygens (including phenoxy) is 2. The molecule has 1 aliphatic rings. The largest absolute Gasteiger partial charge is 0.493 e. The molecule has 0 saturated heterocycles. The average molecular weight is 515 g/mol. The average Bonchev–Trinajstić information content (AvgIpc) is 3.23. The van der Waals surface area contributed by atoms with Gasteiger partial charge in [-0.3, -0.25) is 4.79 Å². The van der Waals surface area contributed by atoms with Crippen LogP contribution in [0.3, 0.4) is 0 Å². The van der Waals surface area contributed by atoms with Gasteiger partial charge in [0.1, 0.15) is 11.4 Å². The summed E-state index contributed by atoms with van der Waals surface area (Å²) in [6, 6.07) is 6.61. The first-order chi connectivity index (χ1) is 16.1. The molecule has 2 heterocycles. The lowest BCUT2D eigenvalue weighted by atomic mass is 9.96. The lowest BCUT2D eigenvalue weighted by Crippen LogP contribution is -2.36. The molecule has 34 heavy (non-hydrogen) atoms. The van der Waals surface area contributed by atoms with Crippen molar-refractivity contribution in [2.45, 2.75) is 24.7 Å². The van der Waals surface area contributed by atoms with Gasteiger partial charge in [-0.25, -0.2) is 4.68 Å². The standard InChI is InChI=1S/C22H19Cl2F3N4O3/c1-33-17-6-3-11(7-18(17)34-2)16-9-19(22(25,26)27)31-20(29-16)13(10-28-31)21(32)30-15-5-4-12(23)8-14(15)24/h3-8,10,16,19,29H,9H2,1-2H3,(H,30,32)/t16-,19+/m1/s1. The van der Waals surface area contributed by atoms with Crippen LogP contribution < -0.4 is 20.1 Å². The van der Waals surface area contributed by atoms with Crippen LogP contribution in [0.25, 0.3) is 0 Å². The number of nitrogens with zero attached hydrogens (tertiary/aromatic N) is 2. The molecule has 0 aliphatic carbocycles. The van der Waals surface area contributed by atoms with Gasteiger partial charge >= 0.3 is 6.18 Å². The molecule has 0 spiro atoms. The van der Waals surface area contributed by atoms with Gasteiger partial charge in [0, 0.05) is 11.4 Å². The molecule has 1 amide bonds. The number of methoxy groups -OCH3 is 2. The Balaban J connectivity index is 1.70. The molecule has 7 nitrogen and oxygen atoms in total. The fourth-order valence-electron chi connectivity index (χ4n) is 3.80. The number of carbonyl (C=O) groups is 1. The van der Waals surface area contributed by atoms with Crippen molar-refractivity contribution in [3.63, 3.8) is 0 Å². The summed E-state index contributed by atoms with van der Waals surface area (Å²) in [5.41, 5.74) is 0.729. The molecule has 3 aromatic rings. The van der Waals surface area contributed by atoms with E-state index in [4.69, 9.17) is 32.7 Å². The number of aromatic nitrogens is 2. The fraction of sp³-hybridized carbons (Fsp3) is 0.273. The number of amides is 1. The van der Waals surface area contributed by atoms with E-state index in [2.05, 4.69) is 15.7 Å². The highest BCUT2D eigenvalue weighted by molar-refractivity contribution is 6.36. The van der Waals surface area contributed by atoms with E-state index in [0.717, 1.165) is 10.9 Å². The molecule has 12 heteroatoms. The fourth-order valence-corrected chi connectivity index (χ4v) is 4.25. The van der Waals surface area contributed by atoms with Crippen molar-refractivity contribution in [3.05, 3.63) is 63.8 Å². The van der Waals surface area contributed by atoms with Crippen molar-refractivity contribution in [2.24, 2.45) is 0 Å². The topological polar surface area (TPSA) is 77.4 Å². The maximum absolute atomic E-state index is 14.0. The molecule has 0 saturated carbocycles. The summed E-state index contributed by atoms with van der Waals surface area (Å²) in [7, 11) is 2.90. The third kappa shape index (κ3) is 4.60. The number of hydrogen-bond acceptors (Lipinski definition) is 5. The minimum Gasteiger partial charge on any atom is -0.493 e. The SMILES string of the molecule is COc1ccc([C@H]2C[C@@H](C(F)(F)F)n3ncc(C(=O)Nc4ccc(Cl)cc4Cl)c3N2)cc1OC. The van der Waals surface area contributed by atoms with Crippen LogP contribution in [0.2, 0.25) is 10.0 Å². The Hall–Kier alpha value is -3.11. The third-order valence-electron chi connectivity index (χ3n) is 5.47. The summed E-state index contributed by atoms with van der Waals surface area (Å²) < 4.78 is 53.2. The van der Waals surface area contributed by atoms with Gasteiger partial charge in [-0.05, 0) is 35.9 Å². The zero-order chi connectivity index (χ0) is 24.6. The first-order valence-corrected chi connectivity index (χ1v) is 10.8. The zero-order valence-electron chi connectivity index (χ0n) is 17.9. The summed E-state index contributed by atoms with van der Waals surface area (Å²) in [6.07, 6.45) is -3.83. The molecule has 0 fully saturated rings. The molecule has 2 aromatic carbocycles. The van der Waals surface area contributed by atoms with Gasteiger partial charge in [0.15, 0.2) is 17.5 Å². The van der Waals surface area contributed by atoms with Crippen molar-refractivity contribution in [1.29, 1.82) is 0 Å². The van der Waals surface area contributed by atoms with Crippen LogP contribution in [0.5, 0.6) is 11.5 Å². The lowest BCUT2D eigenvalue weighted by Gasteiger charge is -2.34. The number of rotatable bonds is 5. The number of benzene rings is 2. The summed E-state index contributed by atoms with van der Waals surface area (Å²) in [5, 5.41) is 10.1.